The van der Waals surface area contributed by atoms with Crippen LogP contribution >= 0.6 is 0 Å². The molecule has 2 aromatic carbocycles. The molecule has 2 aromatic rings. The van der Waals surface area contributed by atoms with Crippen molar-refractivity contribution in [3.63, 3.8) is 0 Å². The predicted molar refractivity (Wildman–Crippen MR) is 90.2 cm³/mol. The maximum absolute atomic E-state index is 13.7. The van der Waals surface area contributed by atoms with Gasteiger partial charge in [-0.1, -0.05) is 6.07 Å². The van der Waals surface area contributed by atoms with Crippen LogP contribution in [0.5, 0.6) is 0 Å². The maximum Gasteiger partial charge on any atom is 0.302 e. The van der Waals surface area contributed by atoms with E-state index in [1.54, 1.807) is 0 Å². The third-order valence-corrected chi connectivity index (χ3v) is 4.00. The van der Waals surface area contributed by atoms with E-state index in [9.17, 15) is 39.2 Å². The zero-order chi connectivity index (χ0) is 20.3. The van der Waals surface area contributed by atoms with Crippen molar-refractivity contribution in [2.75, 3.05) is 11.9 Å². The van der Waals surface area contributed by atoms with E-state index in [-0.39, 0.29) is 11.1 Å². The fraction of sp³-hybridized carbons (Fsp3) is 0.250. The van der Waals surface area contributed by atoms with Crippen LogP contribution in [-0.4, -0.2) is 26.6 Å². The van der Waals surface area contributed by atoms with Gasteiger partial charge in [0, 0.05) is 18.2 Å². The molecule has 0 aliphatic heterocycles. The van der Waals surface area contributed by atoms with E-state index < -0.39 is 63.4 Å². The first-order chi connectivity index (χ1) is 12.7. The number of nitrogens with one attached hydrogen (secondary N) is 1. The molecule has 0 aliphatic carbocycles. The summed E-state index contributed by atoms with van der Waals surface area (Å²) in [6.07, 6.45) is -1.76. The van der Waals surface area contributed by atoms with E-state index in [1.807, 2.05) is 0 Å². The summed E-state index contributed by atoms with van der Waals surface area (Å²) in [4.78, 5) is 20.9. The van der Waals surface area contributed by atoms with Crippen LogP contribution in [0.1, 0.15) is 22.8 Å². The zero-order valence-corrected chi connectivity index (χ0v) is 14.0. The van der Waals surface area contributed by atoms with Crippen LogP contribution < -0.4 is 5.32 Å². The summed E-state index contributed by atoms with van der Waals surface area (Å²) >= 11 is 0. The second-order valence-corrected chi connectivity index (χ2v) is 5.61. The van der Waals surface area contributed by atoms with Gasteiger partial charge in [-0.05, 0) is 24.6 Å². The van der Waals surface area contributed by atoms with Crippen LogP contribution in [0.25, 0.3) is 0 Å². The Hall–Kier alpha value is -3.18. The molecule has 0 spiro atoms. The second-order valence-electron chi connectivity index (χ2n) is 5.61. The molecule has 0 saturated carbocycles. The third-order valence-electron chi connectivity index (χ3n) is 4.00. The fourth-order valence-corrected chi connectivity index (χ4v) is 2.65. The van der Waals surface area contributed by atoms with Crippen molar-refractivity contribution in [1.82, 2.24) is 0 Å². The van der Waals surface area contributed by atoms with Crippen molar-refractivity contribution in [1.29, 1.82) is 0 Å². The minimum absolute atomic E-state index is 0.0119. The summed E-state index contributed by atoms with van der Waals surface area (Å²) in [5, 5.41) is 44.3. The third kappa shape index (κ3) is 3.99. The van der Waals surface area contributed by atoms with Gasteiger partial charge in [0.05, 0.1) is 22.0 Å². The van der Waals surface area contributed by atoms with Gasteiger partial charge in [0.15, 0.2) is 5.69 Å². The summed E-state index contributed by atoms with van der Waals surface area (Å²) in [6, 6.07) is 3.90. The highest BCUT2D eigenvalue weighted by molar-refractivity contribution is 5.77. The van der Waals surface area contributed by atoms with Crippen molar-refractivity contribution in [3.8, 4) is 0 Å². The number of hydrogen-bond donors (Lipinski definition) is 3. The van der Waals surface area contributed by atoms with Crippen LogP contribution in [0.4, 0.5) is 25.8 Å². The number of nitro benzene ring substituents is 2. The monoisotopic (exact) mass is 383 g/mol. The molecular weight excluding hydrogens is 368 g/mol. The molecule has 0 fully saturated rings. The van der Waals surface area contributed by atoms with Gasteiger partial charge < -0.3 is 15.5 Å². The Morgan fingerprint density at radius 2 is 1.78 bits per heavy atom. The Morgan fingerprint density at radius 1 is 1.19 bits per heavy atom. The Morgan fingerprint density at radius 3 is 2.26 bits per heavy atom. The van der Waals surface area contributed by atoms with Gasteiger partial charge in [0.25, 0.3) is 5.69 Å². The first kappa shape index (κ1) is 20.1. The second kappa shape index (κ2) is 8.01. The van der Waals surface area contributed by atoms with E-state index in [4.69, 9.17) is 0 Å². The number of rotatable bonds is 7. The van der Waals surface area contributed by atoms with E-state index in [2.05, 4.69) is 5.32 Å². The lowest BCUT2D eigenvalue weighted by molar-refractivity contribution is -0.392. The molecule has 27 heavy (non-hydrogen) atoms. The first-order valence-electron chi connectivity index (χ1n) is 7.61. The number of halogens is 2. The molecule has 0 heterocycles. The number of aliphatic hydroxyl groups is 2. The van der Waals surface area contributed by atoms with Crippen LogP contribution in [0, 0.1) is 38.8 Å². The first-order valence-corrected chi connectivity index (χ1v) is 7.61. The highest BCUT2D eigenvalue weighted by atomic mass is 19.1. The fourth-order valence-electron chi connectivity index (χ4n) is 2.65. The number of anilines is 1. The molecule has 0 radical (unpaired) electrons. The van der Waals surface area contributed by atoms with Crippen LogP contribution in [0.3, 0.4) is 0 Å². The van der Waals surface area contributed by atoms with Gasteiger partial charge in [0.1, 0.15) is 17.7 Å². The largest absolute Gasteiger partial charge is 0.392 e. The van der Waals surface area contributed by atoms with Crippen LogP contribution in [0.15, 0.2) is 24.3 Å². The lowest BCUT2D eigenvalue weighted by Gasteiger charge is -2.16. The minimum atomic E-state index is -1.76. The highest BCUT2D eigenvalue weighted by Crippen LogP contribution is 2.39. The molecule has 11 heteroatoms. The van der Waals surface area contributed by atoms with E-state index in [0.29, 0.717) is 0 Å². The molecule has 0 saturated heterocycles. The lowest BCUT2D eigenvalue weighted by atomic mass is 10.0. The van der Waals surface area contributed by atoms with Gasteiger partial charge in [-0.3, -0.25) is 20.2 Å². The van der Waals surface area contributed by atoms with Gasteiger partial charge in [-0.2, -0.15) is 0 Å². The molecule has 3 N–H and O–H groups in total. The maximum atomic E-state index is 13.7. The molecule has 2 rings (SSSR count). The summed E-state index contributed by atoms with van der Waals surface area (Å²) in [5.74, 6) is -2.06. The van der Waals surface area contributed by atoms with Gasteiger partial charge in [-0.15, -0.1) is 0 Å². The van der Waals surface area contributed by atoms with E-state index in [0.717, 1.165) is 24.3 Å². The van der Waals surface area contributed by atoms with Crippen molar-refractivity contribution in [2.45, 2.75) is 19.6 Å². The molecule has 0 amide bonds. The number of nitrogens with zero attached hydrogens (tertiary/aromatic N) is 2. The SMILES string of the molecule is Cc1c(CO)cc([N+](=O)[O-])c(NCC(O)c2c(F)cccc2F)c1[N+](=O)[O-]. The van der Waals surface area contributed by atoms with E-state index in [1.165, 1.54) is 6.92 Å². The van der Waals surface area contributed by atoms with Crippen molar-refractivity contribution in [3.05, 3.63) is 72.8 Å². The minimum Gasteiger partial charge on any atom is -0.392 e. The van der Waals surface area contributed by atoms with Gasteiger partial charge in [-0.25, -0.2) is 8.78 Å². The summed E-state index contributed by atoms with van der Waals surface area (Å²) in [7, 11) is 0. The molecule has 0 bridgehead atoms. The van der Waals surface area contributed by atoms with Crippen LogP contribution in [0.2, 0.25) is 0 Å². The normalized spacial score (nSPS) is 11.9. The Bertz CT molecular complexity index is 886. The lowest BCUT2D eigenvalue weighted by Crippen LogP contribution is -2.17. The topological polar surface area (TPSA) is 139 Å². The molecule has 144 valence electrons. The number of aliphatic hydroxyl groups excluding tert-OH is 2. The predicted octanol–water partition coefficient (Wildman–Crippen LogP) is 2.73. The molecule has 0 aromatic heterocycles. The zero-order valence-electron chi connectivity index (χ0n) is 14.0. The van der Waals surface area contributed by atoms with Crippen molar-refractivity contribution in [2.24, 2.45) is 0 Å². The number of benzene rings is 2. The molecular formula is C16H15F2N3O6. The number of hydrogen-bond acceptors (Lipinski definition) is 7. The van der Waals surface area contributed by atoms with Gasteiger partial charge >= 0.3 is 5.69 Å². The van der Waals surface area contributed by atoms with Crippen molar-refractivity contribution < 1.29 is 28.8 Å². The average molecular weight is 383 g/mol. The average Bonchev–Trinajstić information content (AvgIpc) is 2.58. The summed E-state index contributed by atoms with van der Waals surface area (Å²) < 4.78 is 27.5. The molecule has 1 unspecified atom stereocenters. The molecule has 1 atom stereocenters. The Balaban J connectivity index is 2.47. The molecule has 9 nitrogen and oxygen atoms in total. The van der Waals surface area contributed by atoms with Gasteiger partial charge in [0.2, 0.25) is 0 Å². The molecule has 0 aliphatic rings. The van der Waals surface area contributed by atoms with Crippen LogP contribution in [-0.2, 0) is 6.61 Å². The quantitative estimate of drug-likeness (QED) is 0.493. The Labute approximate surface area is 151 Å². The number of nitro groups is 2. The standard InChI is InChI=1S/C16H15F2N3O6/c1-8-9(7-22)5-12(20(24)25)15(16(8)21(26)27)19-6-13(23)14-10(17)3-2-4-11(14)18/h2-5,13,19,22-23H,6-7H2,1H3. The highest BCUT2D eigenvalue weighted by Gasteiger charge is 2.31. The Kier molecular flexibility index (Phi) is 5.98. The summed E-state index contributed by atoms with van der Waals surface area (Å²) in [6.45, 7) is 0.0137. The van der Waals surface area contributed by atoms with Crippen molar-refractivity contribution >= 4 is 17.1 Å². The van der Waals surface area contributed by atoms with E-state index >= 15 is 0 Å². The summed E-state index contributed by atoms with van der Waals surface area (Å²) in [5.41, 5.74) is -2.61. The smallest absolute Gasteiger partial charge is 0.302 e.